The summed E-state index contributed by atoms with van der Waals surface area (Å²) in [5.74, 6) is -2.27. The molecule has 1 radical (unpaired) electrons. The van der Waals surface area contributed by atoms with Gasteiger partial charge in [-0.05, 0) is 99.7 Å². The molecule has 0 bridgehead atoms. The molecule has 0 saturated heterocycles. The maximum Gasteiger partial charge on any atom is 3.00 e. The number of fused-ring (bicyclic) bond motifs is 2. The molecule has 12 rings (SSSR count). The average Bonchev–Trinajstić information content (AvgIpc) is 1.63. The van der Waals surface area contributed by atoms with Gasteiger partial charge in [-0.2, -0.15) is 13.2 Å². The molecule has 495 valence electrons. The number of hydrogen-bond acceptors (Lipinski definition) is 10. The van der Waals surface area contributed by atoms with E-state index in [-0.39, 0.29) is 58.5 Å². The number of aliphatic hydroxyl groups excluding tert-OH is 2. The fourth-order valence-corrected chi connectivity index (χ4v) is 10.7. The Morgan fingerprint density at radius 1 is 0.532 bits per heavy atom. The Kier molecular flexibility index (Phi) is 31.6. The third kappa shape index (κ3) is 22.2. The Morgan fingerprint density at radius 2 is 0.979 bits per heavy atom. The van der Waals surface area contributed by atoms with Crippen molar-refractivity contribution in [3.8, 4) is 65.9 Å². The largest absolute Gasteiger partial charge is 3.00 e. The Balaban J connectivity index is 0.000000319. The van der Waals surface area contributed by atoms with Gasteiger partial charge in [0.1, 0.15) is 29.0 Å². The molecule has 94 heavy (non-hydrogen) atoms. The molecule has 0 amide bonds. The van der Waals surface area contributed by atoms with E-state index in [9.17, 15) is 30.7 Å². The van der Waals surface area contributed by atoms with Crippen molar-refractivity contribution in [3.63, 3.8) is 0 Å². The van der Waals surface area contributed by atoms with Crippen LogP contribution in [0.4, 0.5) is 30.7 Å². The first-order valence-electron chi connectivity index (χ1n) is 27.6. The molecule has 12 aromatic rings. The third-order valence-corrected chi connectivity index (χ3v) is 15.9. The van der Waals surface area contributed by atoms with E-state index < -0.39 is 38.9 Å². The standard InChI is InChI=1S/2C23H18F2NS.C12H10N.C11H9N.CHF3O3S.2CH4O.CH4.2Ir/c2*1-23(2,3)15-6-4-14(5-7-15)22-18-13-21(27-20(18)10-11-26-22)17-9-8-16(24)12-19(17)25;1-13-10-6-5-9-12(13)11-7-3-2-4-8-11;1-2-6-10(7-3-1)11-8-4-5-9-12-11;2-1(3,4)8(5,6)7;2*1-2;;;/h2*4,6-13H,1-3H3;2-7,9-10H,1H2;1-9H;(H,5,6,7);2*2H,1H3;1H4;;/q3*-1;;;;;;;+3/p-1. The zero-order chi connectivity index (χ0) is 66.7. The maximum absolute atomic E-state index is 14.2. The predicted molar refractivity (Wildman–Crippen MR) is 356 cm³/mol. The molecule has 0 aliphatic rings. The summed E-state index contributed by atoms with van der Waals surface area (Å²) in [4.78, 5) is 14.8. The number of halogens is 7. The van der Waals surface area contributed by atoms with Crippen molar-refractivity contribution >= 4 is 53.0 Å². The summed E-state index contributed by atoms with van der Waals surface area (Å²) in [5.41, 5.74) is 5.45. The molecule has 9 nitrogen and oxygen atoms in total. The van der Waals surface area contributed by atoms with Crippen molar-refractivity contribution in [2.45, 2.75) is 65.3 Å². The van der Waals surface area contributed by atoms with Crippen LogP contribution in [0, 0.1) is 48.5 Å². The number of aliphatic hydroxyl groups is 2. The predicted octanol–water partition coefficient (Wildman–Crippen LogP) is 18.7. The van der Waals surface area contributed by atoms with E-state index in [1.54, 1.807) is 12.4 Å². The molecular formula is C73H67F7Ir2N4O5S3-. The van der Waals surface area contributed by atoms with Gasteiger partial charge in [0, 0.05) is 108 Å². The Bertz CT molecular complexity index is 4160. The average molecular weight is 1690 g/mol. The molecule has 0 fully saturated rings. The first-order valence-corrected chi connectivity index (χ1v) is 30.7. The minimum absolute atomic E-state index is 0. The summed E-state index contributed by atoms with van der Waals surface area (Å²) in [6, 6.07) is 67.1. The van der Waals surface area contributed by atoms with E-state index in [1.807, 2.05) is 144 Å². The fourth-order valence-electron chi connectivity index (χ4n) is 8.49. The van der Waals surface area contributed by atoms with Crippen molar-refractivity contribution < 1.29 is 98.7 Å². The molecule has 0 spiro atoms. The van der Waals surface area contributed by atoms with Crippen molar-refractivity contribution in [3.05, 3.63) is 272 Å². The molecule has 0 unspecified atom stereocenters. The molecular weight excluding hydrogens is 1630 g/mol. The fraction of sp³-hybridized carbons (Fsp3) is 0.164. The third-order valence-electron chi connectivity index (χ3n) is 13.1. The summed E-state index contributed by atoms with van der Waals surface area (Å²) in [7, 11) is -0.197. The molecule has 21 heteroatoms. The van der Waals surface area contributed by atoms with Gasteiger partial charge in [-0.15, -0.1) is 124 Å². The molecule has 0 atom stereocenters. The minimum atomic E-state index is -6.09. The van der Waals surface area contributed by atoms with Gasteiger partial charge in [0.05, 0.1) is 11.9 Å². The molecule has 6 aromatic heterocycles. The molecule has 0 aliphatic heterocycles. The van der Waals surface area contributed by atoms with Crippen LogP contribution >= 0.6 is 22.7 Å². The zero-order valence-corrected chi connectivity index (χ0v) is 58.6. The number of hydrogen-bond donors (Lipinski definition) is 2. The smallest absolute Gasteiger partial charge is 0.741 e. The first kappa shape index (κ1) is 80.6. The number of aromatic nitrogens is 4. The zero-order valence-electron chi connectivity index (χ0n) is 51.4. The van der Waals surface area contributed by atoms with Crippen LogP contribution in [-0.4, -0.2) is 57.9 Å². The van der Waals surface area contributed by atoms with E-state index >= 15 is 0 Å². The Hall–Kier alpha value is -7.65. The van der Waals surface area contributed by atoms with Crippen LogP contribution in [0.2, 0.25) is 0 Å². The second-order valence-electron chi connectivity index (χ2n) is 21.4. The summed E-state index contributed by atoms with van der Waals surface area (Å²) in [6.45, 7) is 13.0. The summed E-state index contributed by atoms with van der Waals surface area (Å²) in [5, 5.41) is 15.9. The van der Waals surface area contributed by atoms with Gasteiger partial charge >= 0.3 is 25.6 Å². The monoisotopic (exact) mass is 1690 g/mol. The van der Waals surface area contributed by atoms with Gasteiger partial charge in [0.15, 0.2) is 10.1 Å². The van der Waals surface area contributed by atoms with Gasteiger partial charge < -0.3 is 29.3 Å². The van der Waals surface area contributed by atoms with Crippen LogP contribution in [0.5, 0.6) is 0 Å². The van der Waals surface area contributed by atoms with Crippen LogP contribution in [0.1, 0.15) is 60.1 Å². The van der Waals surface area contributed by atoms with Gasteiger partial charge in [0.25, 0.3) is 0 Å². The number of pyridine rings is 4. The maximum atomic E-state index is 14.2. The number of thiophene rings is 2. The van der Waals surface area contributed by atoms with E-state index in [4.69, 9.17) is 23.2 Å². The molecule has 0 saturated carbocycles. The van der Waals surface area contributed by atoms with Crippen LogP contribution in [0.3, 0.4) is 0 Å². The van der Waals surface area contributed by atoms with Crippen LogP contribution in [0.25, 0.3) is 86.1 Å². The Labute approximate surface area is 580 Å². The number of benzene rings is 6. The van der Waals surface area contributed by atoms with Crippen molar-refractivity contribution in [2.75, 3.05) is 14.2 Å². The van der Waals surface area contributed by atoms with Crippen LogP contribution < -0.4 is 4.57 Å². The number of rotatable bonds is 6. The summed E-state index contributed by atoms with van der Waals surface area (Å²) in [6.07, 6.45) is 7.24. The number of alkyl halides is 3. The van der Waals surface area contributed by atoms with Gasteiger partial charge in [-0.3, -0.25) is 4.98 Å². The topological polar surface area (TPSA) is 140 Å². The van der Waals surface area contributed by atoms with Crippen molar-refractivity contribution in [1.82, 2.24) is 15.0 Å². The SMILES string of the molecule is C.CC(C)(C)c1c[c-]c(-c2nccc3sc(-c4ccc(F)cc4F)cc23)cc1.CC(C)(C)c1c[c-]c(-c2nccc3sc(-c4ccc(F)cc4F)cc23)cc1.CO.CO.O=S(=O)([O-])C(F)(F)F.[CH2-][n+]1ccccc1-c1[c-]cccc1.[Ir+3].[Ir].c1ccc(-c2ccccn2)cc1. The first-order chi connectivity index (χ1) is 43.2. The quantitative estimate of drug-likeness (QED) is 0.0551. The van der Waals surface area contributed by atoms with Crippen LogP contribution in [0.15, 0.2) is 213 Å². The minimum Gasteiger partial charge on any atom is -0.741 e. The Morgan fingerprint density at radius 3 is 1.35 bits per heavy atom. The molecule has 2 N–H and O–H groups in total. The summed E-state index contributed by atoms with van der Waals surface area (Å²) < 4.78 is 118. The van der Waals surface area contributed by atoms with Gasteiger partial charge in [0.2, 0.25) is 0 Å². The van der Waals surface area contributed by atoms with E-state index in [0.29, 0.717) is 11.1 Å². The van der Waals surface area contributed by atoms with E-state index in [0.717, 1.165) is 101 Å². The van der Waals surface area contributed by atoms with Gasteiger partial charge in [-0.25, -0.2) is 26.0 Å². The second-order valence-corrected chi connectivity index (χ2v) is 24.9. The number of nitrogens with zero attached hydrogens (tertiary/aromatic N) is 4. The summed E-state index contributed by atoms with van der Waals surface area (Å²) >= 11 is 2.94. The van der Waals surface area contributed by atoms with Crippen molar-refractivity contribution in [1.29, 1.82) is 0 Å². The molecule has 6 heterocycles. The molecule has 6 aromatic carbocycles. The van der Waals surface area contributed by atoms with Crippen molar-refractivity contribution in [2.24, 2.45) is 0 Å². The van der Waals surface area contributed by atoms with E-state index in [1.165, 1.54) is 58.1 Å². The second kappa shape index (κ2) is 36.9. The molecule has 0 aliphatic carbocycles. The normalized spacial score (nSPS) is 10.7. The van der Waals surface area contributed by atoms with Crippen LogP contribution in [-0.2, 0) is 61.2 Å². The van der Waals surface area contributed by atoms with E-state index in [2.05, 4.69) is 106 Å². The van der Waals surface area contributed by atoms with Gasteiger partial charge in [-0.1, -0.05) is 103 Å².